The van der Waals surface area contributed by atoms with Gasteiger partial charge in [-0.15, -0.1) is 0 Å². The maximum absolute atomic E-state index is 2.59. The van der Waals surface area contributed by atoms with Gasteiger partial charge >= 0.3 is 0 Å². The van der Waals surface area contributed by atoms with Crippen molar-refractivity contribution in [3.8, 4) is 0 Å². The molecular formula is C41H78ClN. The lowest BCUT2D eigenvalue weighted by Gasteiger charge is -2.42. The van der Waals surface area contributed by atoms with E-state index < -0.39 is 0 Å². The average Bonchev–Trinajstić information content (AvgIpc) is 3.00. The molecule has 0 spiro atoms. The van der Waals surface area contributed by atoms with Crippen LogP contribution in [0.4, 0.5) is 0 Å². The highest BCUT2D eigenvalue weighted by atomic mass is 35.5. The Morgan fingerprint density at radius 3 is 0.977 bits per heavy atom. The van der Waals surface area contributed by atoms with Gasteiger partial charge in [-0.3, -0.25) is 0 Å². The van der Waals surface area contributed by atoms with E-state index in [4.69, 9.17) is 0 Å². The third-order valence-electron chi connectivity index (χ3n) is 10.1. The third kappa shape index (κ3) is 23.5. The number of hydrogen-bond donors (Lipinski definition) is 0. The molecule has 0 N–H and O–H groups in total. The van der Waals surface area contributed by atoms with Gasteiger partial charge in [0, 0.05) is 12.0 Å². The Bertz CT molecular complexity index is 661. The SMILES string of the molecule is CCCCCCCCCCCCCCCCCC[N+](C)(CCCCCCCCCCCCC)C(CC)c1ccccc1.[Cl-]. The zero-order valence-electron chi connectivity index (χ0n) is 30.0. The molecule has 254 valence electrons. The van der Waals surface area contributed by atoms with Gasteiger partial charge in [0.2, 0.25) is 0 Å². The largest absolute Gasteiger partial charge is 1.00 e. The standard InChI is InChI=1S/C41H78N.ClH/c1-5-8-10-12-14-16-18-19-20-21-22-24-26-28-30-35-39-42(4,41(7-3)40-36-32-31-33-37-40)38-34-29-27-25-23-17-15-13-11-9-6-2;/h31-33,36-37,41H,5-30,34-35,38-39H2,1-4H3;1H/q+1;/p-1. The summed E-state index contributed by atoms with van der Waals surface area (Å²) < 4.78 is 1.25. The summed E-state index contributed by atoms with van der Waals surface area (Å²) in [5, 5.41) is 0. The van der Waals surface area contributed by atoms with E-state index in [1.54, 1.807) is 5.56 Å². The van der Waals surface area contributed by atoms with E-state index in [1.807, 2.05) is 0 Å². The van der Waals surface area contributed by atoms with Crippen LogP contribution in [-0.4, -0.2) is 24.6 Å². The number of nitrogens with zero attached hydrogens (tertiary/aromatic N) is 1. The lowest BCUT2D eigenvalue weighted by Crippen LogP contribution is -3.00. The van der Waals surface area contributed by atoms with E-state index in [1.165, 1.54) is 197 Å². The van der Waals surface area contributed by atoms with Crippen molar-refractivity contribution in [2.24, 2.45) is 0 Å². The zero-order valence-corrected chi connectivity index (χ0v) is 30.8. The molecule has 2 unspecified atom stereocenters. The molecule has 0 aliphatic carbocycles. The van der Waals surface area contributed by atoms with Crippen molar-refractivity contribution < 1.29 is 16.9 Å². The third-order valence-corrected chi connectivity index (χ3v) is 10.1. The van der Waals surface area contributed by atoms with Gasteiger partial charge in [-0.05, 0) is 25.7 Å². The van der Waals surface area contributed by atoms with Crippen molar-refractivity contribution in [1.29, 1.82) is 0 Å². The first kappa shape index (κ1) is 42.5. The summed E-state index contributed by atoms with van der Waals surface area (Å²) in [4.78, 5) is 0. The Morgan fingerprint density at radius 2 is 0.698 bits per heavy atom. The van der Waals surface area contributed by atoms with Crippen molar-refractivity contribution in [3.63, 3.8) is 0 Å². The van der Waals surface area contributed by atoms with Crippen LogP contribution in [0.15, 0.2) is 30.3 Å². The Hall–Kier alpha value is -0.530. The second kappa shape index (κ2) is 31.5. The summed E-state index contributed by atoms with van der Waals surface area (Å²) in [6, 6.07) is 12.1. The fourth-order valence-electron chi connectivity index (χ4n) is 7.29. The number of benzene rings is 1. The van der Waals surface area contributed by atoms with Crippen molar-refractivity contribution in [1.82, 2.24) is 0 Å². The van der Waals surface area contributed by atoms with Crippen molar-refractivity contribution in [3.05, 3.63) is 35.9 Å². The van der Waals surface area contributed by atoms with Gasteiger partial charge in [0.15, 0.2) is 0 Å². The first-order valence-electron chi connectivity index (χ1n) is 19.6. The Labute approximate surface area is 278 Å². The molecule has 0 amide bonds. The summed E-state index contributed by atoms with van der Waals surface area (Å²) >= 11 is 0. The fraction of sp³-hybridized carbons (Fsp3) is 0.854. The minimum Gasteiger partial charge on any atom is -1.00 e. The molecular weight excluding hydrogens is 542 g/mol. The monoisotopic (exact) mass is 620 g/mol. The average molecular weight is 621 g/mol. The first-order chi connectivity index (χ1) is 20.7. The zero-order chi connectivity index (χ0) is 30.4. The van der Waals surface area contributed by atoms with Crippen molar-refractivity contribution >= 4 is 0 Å². The molecule has 1 nitrogen and oxygen atoms in total. The van der Waals surface area contributed by atoms with E-state index >= 15 is 0 Å². The Morgan fingerprint density at radius 1 is 0.419 bits per heavy atom. The van der Waals surface area contributed by atoms with Crippen LogP contribution in [0.25, 0.3) is 0 Å². The molecule has 0 aromatic heterocycles. The lowest BCUT2D eigenvalue weighted by atomic mass is 9.98. The molecule has 2 heteroatoms. The van der Waals surface area contributed by atoms with Gasteiger partial charge in [0.1, 0.15) is 6.04 Å². The van der Waals surface area contributed by atoms with Gasteiger partial charge in [0.25, 0.3) is 0 Å². The summed E-state index contributed by atoms with van der Waals surface area (Å²) in [7, 11) is 2.59. The van der Waals surface area contributed by atoms with Crippen molar-refractivity contribution in [2.45, 2.75) is 207 Å². The molecule has 0 saturated heterocycles. The first-order valence-corrected chi connectivity index (χ1v) is 19.6. The predicted octanol–water partition coefficient (Wildman–Crippen LogP) is 11.2. The fourth-order valence-corrected chi connectivity index (χ4v) is 7.29. The minimum absolute atomic E-state index is 0. The molecule has 0 radical (unpaired) electrons. The van der Waals surface area contributed by atoms with Gasteiger partial charge in [-0.1, -0.05) is 199 Å². The Balaban J connectivity index is 0.0000176. The number of unbranched alkanes of at least 4 members (excludes halogenated alkanes) is 25. The van der Waals surface area contributed by atoms with Crippen LogP contribution >= 0.6 is 0 Å². The van der Waals surface area contributed by atoms with Gasteiger partial charge in [-0.25, -0.2) is 0 Å². The second-order valence-electron chi connectivity index (χ2n) is 14.1. The second-order valence-corrected chi connectivity index (χ2v) is 14.1. The summed E-state index contributed by atoms with van der Waals surface area (Å²) in [5.41, 5.74) is 1.56. The summed E-state index contributed by atoms with van der Waals surface area (Å²) in [6.07, 6.45) is 40.3. The highest BCUT2D eigenvalue weighted by Crippen LogP contribution is 2.32. The maximum Gasteiger partial charge on any atom is 0.114 e. The number of halogens is 1. The number of rotatable bonds is 32. The smallest absolute Gasteiger partial charge is 0.114 e. The molecule has 2 atom stereocenters. The summed E-state index contributed by atoms with van der Waals surface area (Å²) in [6.45, 7) is 9.74. The molecule has 0 fully saturated rings. The van der Waals surface area contributed by atoms with Gasteiger partial charge in [0.05, 0.1) is 20.1 Å². The normalized spacial score (nSPS) is 13.5. The quantitative estimate of drug-likeness (QED) is 0.0555. The predicted molar refractivity (Wildman–Crippen MR) is 191 cm³/mol. The van der Waals surface area contributed by atoms with Gasteiger partial charge in [-0.2, -0.15) is 0 Å². The van der Waals surface area contributed by atoms with E-state index in [9.17, 15) is 0 Å². The minimum atomic E-state index is 0. The van der Waals surface area contributed by atoms with E-state index in [0.29, 0.717) is 6.04 Å². The van der Waals surface area contributed by atoms with E-state index in [-0.39, 0.29) is 12.4 Å². The van der Waals surface area contributed by atoms with E-state index in [2.05, 4.69) is 58.2 Å². The highest BCUT2D eigenvalue weighted by Gasteiger charge is 2.31. The summed E-state index contributed by atoms with van der Waals surface area (Å²) in [5.74, 6) is 0. The molecule has 0 saturated carbocycles. The Kier molecular flexibility index (Phi) is 31.1. The van der Waals surface area contributed by atoms with Gasteiger partial charge < -0.3 is 16.9 Å². The van der Waals surface area contributed by atoms with Crippen LogP contribution < -0.4 is 12.4 Å². The van der Waals surface area contributed by atoms with Crippen LogP contribution in [-0.2, 0) is 0 Å². The molecule has 0 heterocycles. The molecule has 43 heavy (non-hydrogen) atoms. The van der Waals surface area contributed by atoms with Crippen LogP contribution in [0.3, 0.4) is 0 Å². The van der Waals surface area contributed by atoms with Crippen LogP contribution in [0.2, 0.25) is 0 Å². The number of quaternary nitrogens is 1. The molecule has 1 rings (SSSR count). The molecule has 1 aromatic carbocycles. The van der Waals surface area contributed by atoms with E-state index in [0.717, 1.165) is 0 Å². The van der Waals surface area contributed by atoms with Crippen LogP contribution in [0.1, 0.15) is 212 Å². The van der Waals surface area contributed by atoms with Crippen LogP contribution in [0.5, 0.6) is 0 Å². The topological polar surface area (TPSA) is 0 Å². The highest BCUT2D eigenvalue weighted by molar-refractivity contribution is 5.17. The lowest BCUT2D eigenvalue weighted by molar-refractivity contribution is -0.940. The van der Waals surface area contributed by atoms with Crippen LogP contribution in [0, 0.1) is 0 Å². The molecule has 1 aromatic rings. The van der Waals surface area contributed by atoms with Crippen molar-refractivity contribution in [2.75, 3.05) is 20.1 Å². The maximum atomic E-state index is 2.59. The number of hydrogen-bond acceptors (Lipinski definition) is 0. The molecule has 0 bridgehead atoms. The molecule has 0 aliphatic rings. The molecule has 0 aliphatic heterocycles.